The molecule has 0 aliphatic carbocycles. The lowest BCUT2D eigenvalue weighted by Gasteiger charge is -2.09. The number of hydrogen-bond donors (Lipinski definition) is 0. The van der Waals surface area contributed by atoms with Crippen LogP contribution in [-0.4, -0.2) is 14.2 Å². The summed E-state index contributed by atoms with van der Waals surface area (Å²) in [5.74, 6) is 2.40. The maximum atomic E-state index is 6.32. The molecule has 0 saturated carbocycles. The van der Waals surface area contributed by atoms with E-state index in [1.54, 1.807) is 14.2 Å². The van der Waals surface area contributed by atoms with E-state index in [1.165, 1.54) is 0 Å². The zero-order chi connectivity index (χ0) is 20.2. The Balaban J connectivity index is 1.91. The Morgan fingerprint density at radius 2 is 1.55 bits per heavy atom. The molecule has 1 aromatic heterocycles. The molecule has 3 aromatic carbocycles. The lowest BCUT2D eigenvalue weighted by atomic mass is 10.00. The highest BCUT2D eigenvalue weighted by Crippen LogP contribution is 2.41. The van der Waals surface area contributed by atoms with Crippen LogP contribution in [0.5, 0.6) is 11.5 Å². The smallest absolute Gasteiger partial charge is 0.365 e. The molecule has 0 spiro atoms. The summed E-state index contributed by atoms with van der Waals surface area (Å²) in [5.41, 5.74) is 5.00. The molecule has 29 heavy (non-hydrogen) atoms. The maximum Gasteiger partial charge on any atom is 0.365 e. The van der Waals surface area contributed by atoms with Gasteiger partial charge < -0.3 is 9.47 Å². The Hall–Kier alpha value is -3.59. The van der Waals surface area contributed by atoms with E-state index in [0.717, 1.165) is 50.5 Å². The third-order valence-corrected chi connectivity index (χ3v) is 4.88. The lowest BCUT2D eigenvalue weighted by Crippen LogP contribution is -1.94. The minimum Gasteiger partial charge on any atom is -0.497 e. The summed E-state index contributed by atoms with van der Waals surface area (Å²) >= 11 is 0. The number of ether oxygens (including phenoxy) is 2. The first-order chi connectivity index (χ1) is 14.2. The largest absolute Gasteiger partial charge is 0.497 e. The van der Waals surface area contributed by atoms with Gasteiger partial charge in [-0.25, -0.2) is 4.42 Å². The van der Waals surface area contributed by atoms with Crippen molar-refractivity contribution < 1.29 is 13.9 Å². The molecule has 0 amide bonds. The fourth-order valence-corrected chi connectivity index (χ4v) is 3.42. The summed E-state index contributed by atoms with van der Waals surface area (Å²) in [6.07, 6.45) is 4.02. The topological polar surface area (TPSA) is 29.8 Å². The van der Waals surface area contributed by atoms with E-state index in [1.807, 2.05) is 66.7 Å². The van der Waals surface area contributed by atoms with Gasteiger partial charge in [-0.1, -0.05) is 42.5 Å². The fourth-order valence-electron chi connectivity index (χ4n) is 3.42. The zero-order valence-corrected chi connectivity index (χ0v) is 16.8. The minimum atomic E-state index is 0.750. The van der Waals surface area contributed by atoms with E-state index >= 15 is 0 Å². The van der Waals surface area contributed by atoms with Gasteiger partial charge in [-0.3, -0.25) is 0 Å². The molecule has 1 heterocycles. The van der Waals surface area contributed by atoms with Crippen molar-refractivity contribution >= 4 is 23.1 Å². The van der Waals surface area contributed by atoms with Crippen LogP contribution in [0, 0.1) is 6.92 Å². The van der Waals surface area contributed by atoms with E-state index in [2.05, 4.69) is 25.1 Å². The number of rotatable bonds is 5. The highest BCUT2D eigenvalue weighted by atomic mass is 16.5. The second-order valence-corrected chi connectivity index (χ2v) is 6.85. The third-order valence-electron chi connectivity index (χ3n) is 4.88. The van der Waals surface area contributed by atoms with E-state index < -0.39 is 0 Å². The number of hydrogen-bond acceptors (Lipinski definition) is 2. The monoisotopic (exact) mass is 383 g/mol. The zero-order valence-electron chi connectivity index (χ0n) is 16.8. The van der Waals surface area contributed by atoms with Crippen LogP contribution in [-0.2, 0) is 0 Å². The van der Waals surface area contributed by atoms with E-state index in [0.29, 0.717) is 0 Å². The van der Waals surface area contributed by atoms with Gasteiger partial charge in [0.1, 0.15) is 16.7 Å². The molecule has 0 N–H and O–H groups in total. The Labute approximate surface area is 170 Å². The predicted molar refractivity (Wildman–Crippen MR) is 119 cm³/mol. The van der Waals surface area contributed by atoms with Gasteiger partial charge in [0.15, 0.2) is 5.75 Å². The standard InChI is InChI=1S/C26H23O3/c1-18-9-15-23-22(17-18)26(28-3)25(20-7-5-4-6-8-20)24(29-23)16-12-19-10-13-21(27-2)14-11-19/h4-17H,1-3H3/q+1. The van der Waals surface area contributed by atoms with Gasteiger partial charge >= 0.3 is 11.3 Å². The van der Waals surface area contributed by atoms with Crippen LogP contribution < -0.4 is 9.47 Å². The second kappa shape index (κ2) is 8.19. The van der Waals surface area contributed by atoms with Gasteiger partial charge in [0, 0.05) is 12.1 Å². The van der Waals surface area contributed by atoms with E-state index in [4.69, 9.17) is 13.9 Å². The van der Waals surface area contributed by atoms with Crippen LogP contribution in [0.4, 0.5) is 0 Å². The Bertz CT molecular complexity index is 1160. The van der Waals surface area contributed by atoms with Gasteiger partial charge in [0.2, 0.25) is 0 Å². The van der Waals surface area contributed by atoms with Gasteiger partial charge in [-0.2, -0.15) is 0 Å². The van der Waals surface area contributed by atoms with Crippen molar-refractivity contribution in [2.45, 2.75) is 6.92 Å². The van der Waals surface area contributed by atoms with Crippen molar-refractivity contribution in [2.75, 3.05) is 14.2 Å². The molecule has 0 atom stereocenters. The predicted octanol–water partition coefficient (Wildman–Crippen LogP) is 6.88. The van der Waals surface area contributed by atoms with Gasteiger partial charge in [-0.15, -0.1) is 0 Å². The van der Waals surface area contributed by atoms with E-state index in [-0.39, 0.29) is 0 Å². The molecule has 0 aliphatic heterocycles. The quantitative estimate of drug-likeness (QED) is 0.352. The molecule has 0 radical (unpaired) electrons. The van der Waals surface area contributed by atoms with Crippen LogP contribution in [0.25, 0.3) is 34.2 Å². The molecule has 0 bridgehead atoms. The third kappa shape index (κ3) is 3.85. The normalized spacial score (nSPS) is 11.1. The summed E-state index contributed by atoms with van der Waals surface area (Å²) in [6.45, 7) is 2.07. The summed E-state index contributed by atoms with van der Waals surface area (Å²) in [6, 6.07) is 24.2. The van der Waals surface area contributed by atoms with Crippen molar-refractivity contribution in [1.29, 1.82) is 0 Å². The Morgan fingerprint density at radius 3 is 2.24 bits per heavy atom. The van der Waals surface area contributed by atoms with Crippen molar-refractivity contribution in [1.82, 2.24) is 0 Å². The Kier molecular flexibility index (Phi) is 5.30. The van der Waals surface area contributed by atoms with Crippen LogP contribution in [0.3, 0.4) is 0 Å². The highest BCUT2D eigenvalue weighted by molar-refractivity contribution is 5.95. The molecule has 4 rings (SSSR count). The van der Waals surface area contributed by atoms with Crippen molar-refractivity contribution in [3.63, 3.8) is 0 Å². The van der Waals surface area contributed by atoms with Crippen LogP contribution in [0.2, 0.25) is 0 Å². The van der Waals surface area contributed by atoms with Gasteiger partial charge in [0.05, 0.1) is 14.2 Å². The first kappa shape index (κ1) is 18.8. The molecule has 144 valence electrons. The second-order valence-electron chi connectivity index (χ2n) is 6.85. The summed E-state index contributed by atoms with van der Waals surface area (Å²) in [7, 11) is 3.37. The molecule has 0 aliphatic rings. The molecule has 0 fully saturated rings. The van der Waals surface area contributed by atoms with Crippen molar-refractivity contribution in [2.24, 2.45) is 0 Å². The molecule has 0 saturated heterocycles. The first-order valence-corrected chi connectivity index (χ1v) is 9.51. The van der Waals surface area contributed by atoms with Crippen molar-refractivity contribution in [3.05, 3.63) is 89.7 Å². The average Bonchev–Trinajstić information content (AvgIpc) is 2.77. The SMILES string of the molecule is COc1ccc(C=Cc2[o+]c3ccc(C)cc3c(OC)c2-c2ccccc2)cc1. The molecular formula is C26H23O3+. The molecular weight excluding hydrogens is 360 g/mol. The van der Waals surface area contributed by atoms with Gasteiger partial charge in [0.25, 0.3) is 0 Å². The van der Waals surface area contributed by atoms with Crippen LogP contribution in [0.15, 0.2) is 77.2 Å². The molecule has 3 nitrogen and oxygen atoms in total. The van der Waals surface area contributed by atoms with E-state index in [9.17, 15) is 0 Å². The number of aryl methyl sites for hydroxylation is 1. The maximum absolute atomic E-state index is 6.32. The number of benzene rings is 3. The average molecular weight is 383 g/mol. The molecule has 4 aromatic rings. The summed E-state index contributed by atoms with van der Waals surface area (Å²) < 4.78 is 17.4. The molecule has 3 heteroatoms. The highest BCUT2D eigenvalue weighted by Gasteiger charge is 2.26. The first-order valence-electron chi connectivity index (χ1n) is 9.51. The molecule has 0 unspecified atom stereocenters. The Morgan fingerprint density at radius 1 is 0.793 bits per heavy atom. The van der Waals surface area contributed by atoms with Crippen LogP contribution >= 0.6 is 0 Å². The number of fused-ring (bicyclic) bond motifs is 1. The van der Waals surface area contributed by atoms with Crippen LogP contribution in [0.1, 0.15) is 16.9 Å². The lowest BCUT2D eigenvalue weighted by molar-refractivity contribution is 0.415. The summed E-state index contributed by atoms with van der Waals surface area (Å²) in [4.78, 5) is 0. The van der Waals surface area contributed by atoms with Gasteiger partial charge in [-0.05, 0) is 54.0 Å². The minimum absolute atomic E-state index is 0.750. The summed E-state index contributed by atoms with van der Waals surface area (Å²) in [5, 5.41) is 0.966. The fraction of sp³-hybridized carbons (Fsp3) is 0.115. The van der Waals surface area contributed by atoms with Crippen molar-refractivity contribution in [3.8, 4) is 22.6 Å². The number of methoxy groups -OCH3 is 2.